The van der Waals surface area contributed by atoms with Crippen molar-refractivity contribution in [1.82, 2.24) is 4.90 Å². The maximum atomic E-state index is 9.76. The van der Waals surface area contributed by atoms with Crippen LogP contribution in [0.15, 0.2) is 24.3 Å². The standard InChI is InChI=1S/C15H23ClN2O/c1-15(2,19)6-7-17-8-10-18(11-9-17)14-5-3-4-13(16)12-14/h3-5,12,19H,6-11H2,1-2H3. The quantitative estimate of drug-likeness (QED) is 0.920. The highest BCUT2D eigenvalue weighted by molar-refractivity contribution is 6.30. The average Bonchev–Trinajstić information content (AvgIpc) is 2.36. The SMILES string of the molecule is CC(C)(O)CCN1CCN(c2cccc(Cl)c2)CC1. The summed E-state index contributed by atoms with van der Waals surface area (Å²) in [5.41, 5.74) is 0.638. The zero-order valence-corrected chi connectivity index (χ0v) is 12.5. The van der Waals surface area contributed by atoms with E-state index in [9.17, 15) is 5.11 Å². The summed E-state index contributed by atoms with van der Waals surface area (Å²) < 4.78 is 0. The van der Waals surface area contributed by atoms with E-state index < -0.39 is 5.60 Å². The first-order chi connectivity index (χ1) is 8.94. The molecule has 0 saturated carbocycles. The lowest BCUT2D eigenvalue weighted by atomic mass is 10.1. The summed E-state index contributed by atoms with van der Waals surface area (Å²) in [5, 5.41) is 10.6. The van der Waals surface area contributed by atoms with Crippen molar-refractivity contribution < 1.29 is 5.11 Å². The molecule has 0 amide bonds. The first-order valence-corrected chi connectivity index (χ1v) is 7.27. The fourth-order valence-corrected chi connectivity index (χ4v) is 2.52. The molecule has 19 heavy (non-hydrogen) atoms. The van der Waals surface area contributed by atoms with Crippen molar-refractivity contribution in [2.24, 2.45) is 0 Å². The second-order valence-corrected chi connectivity index (χ2v) is 6.31. The number of rotatable bonds is 4. The van der Waals surface area contributed by atoms with Gasteiger partial charge in [-0.05, 0) is 38.5 Å². The van der Waals surface area contributed by atoms with E-state index in [-0.39, 0.29) is 0 Å². The van der Waals surface area contributed by atoms with E-state index in [0.29, 0.717) is 0 Å². The van der Waals surface area contributed by atoms with Crippen molar-refractivity contribution in [3.63, 3.8) is 0 Å². The summed E-state index contributed by atoms with van der Waals surface area (Å²) in [6.45, 7) is 8.83. The molecule has 0 bridgehead atoms. The smallest absolute Gasteiger partial charge is 0.0603 e. The van der Waals surface area contributed by atoms with Crippen LogP contribution in [-0.2, 0) is 0 Å². The van der Waals surface area contributed by atoms with Crippen LogP contribution in [-0.4, -0.2) is 48.3 Å². The predicted molar refractivity (Wildman–Crippen MR) is 81.0 cm³/mol. The van der Waals surface area contributed by atoms with Gasteiger partial charge >= 0.3 is 0 Å². The number of hydrogen-bond donors (Lipinski definition) is 1. The third-order valence-corrected chi connectivity index (χ3v) is 3.82. The summed E-state index contributed by atoms with van der Waals surface area (Å²) in [7, 11) is 0. The van der Waals surface area contributed by atoms with Gasteiger partial charge in [0.1, 0.15) is 0 Å². The van der Waals surface area contributed by atoms with Crippen molar-refractivity contribution in [2.45, 2.75) is 25.9 Å². The van der Waals surface area contributed by atoms with Gasteiger partial charge < -0.3 is 10.0 Å². The van der Waals surface area contributed by atoms with Crippen LogP contribution in [0.5, 0.6) is 0 Å². The molecule has 106 valence electrons. The summed E-state index contributed by atoms with van der Waals surface area (Å²) in [4.78, 5) is 4.78. The first-order valence-electron chi connectivity index (χ1n) is 6.89. The minimum absolute atomic E-state index is 0.565. The molecule has 1 aliphatic rings. The third-order valence-electron chi connectivity index (χ3n) is 3.59. The van der Waals surface area contributed by atoms with Crippen LogP contribution in [0.3, 0.4) is 0 Å². The summed E-state index contributed by atoms with van der Waals surface area (Å²) in [6.07, 6.45) is 0.824. The Hall–Kier alpha value is -0.770. The number of hydrogen-bond acceptors (Lipinski definition) is 3. The van der Waals surface area contributed by atoms with E-state index in [0.717, 1.165) is 44.2 Å². The molecule has 1 aliphatic heterocycles. The molecule has 0 aliphatic carbocycles. The lowest BCUT2D eigenvalue weighted by Crippen LogP contribution is -2.47. The third kappa shape index (κ3) is 4.68. The molecule has 1 fully saturated rings. The minimum Gasteiger partial charge on any atom is -0.390 e. The molecular weight excluding hydrogens is 260 g/mol. The highest BCUT2D eigenvalue weighted by Crippen LogP contribution is 2.21. The van der Waals surface area contributed by atoms with Crippen LogP contribution in [0.25, 0.3) is 0 Å². The first kappa shape index (κ1) is 14.6. The van der Waals surface area contributed by atoms with Gasteiger partial charge in [0.15, 0.2) is 0 Å². The topological polar surface area (TPSA) is 26.7 Å². The molecule has 1 N–H and O–H groups in total. The molecule has 0 aromatic heterocycles. The van der Waals surface area contributed by atoms with Crippen molar-refractivity contribution in [3.8, 4) is 0 Å². The van der Waals surface area contributed by atoms with Crippen LogP contribution in [0.4, 0.5) is 5.69 Å². The van der Waals surface area contributed by atoms with Crippen molar-refractivity contribution >= 4 is 17.3 Å². The molecule has 0 unspecified atom stereocenters. The Morgan fingerprint density at radius 1 is 1.21 bits per heavy atom. The number of aliphatic hydroxyl groups is 1. The maximum absolute atomic E-state index is 9.76. The fourth-order valence-electron chi connectivity index (χ4n) is 2.33. The van der Waals surface area contributed by atoms with E-state index in [2.05, 4.69) is 15.9 Å². The van der Waals surface area contributed by atoms with Crippen molar-refractivity contribution in [1.29, 1.82) is 0 Å². The van der Waals surface area contributed by atoms with Gasteiger partial charge in [-0.25, -0.2) is 0 Å². The van der Waals surface area contributed by atoms with Crippen LogP contribution in [0.1, 0.15) is 20.3 Å². The lowest BCUT2D eigenvalue weighted by Gasteiger charge is -2.37. The van der Waals surface area contributed by atoms with Crippen LogP contribution in [0, 0.1) is 0 Å². The van der Waals surface area contributed by atoms with E-state index in [4.69, 9.17) is 11.6 Å². The van der Waals surface area contributed by atoms with E-state index in [1.807, 2.05) is 32.0 Å². The predicted octanol–water partition coefficient (Wildman–Crippen LogP) is 2.62. The second kappa shape index (κ2) is 6.12. The molecule has 1 saturated heterocycles. The Bertz CT molecular complexity index is 409. The van der Waals surface area contributed by atoms with Gasteiger partial charge in [-0.15, -0.1) is 0 Å². The Balaban J connectivity index is 1.82. The zero-order chi connectivity index (χ0) is 13.9. The number of nitrogens with zero attached hydrogens (tertiary/aromatic N) is 2. The molecule has 4 heteroatoms. The molecule has 0 atom stereocenters. The number of benzene rings is 1. The maximum Gasteiger partial charge on any atom is 0.0603 e. The van der Waals surface area contributed by atoms with Crippen LogP contribution < -0.4 is 4.90 Å². The van der Waals surface area contributed by atoms with Crippen molar-refractivity contribution in [3.05, 3.63) is 29.3 Å². The molecule has 1 aromatic carbocycles. The normalized spacial score (nSPS) is 17.8. The molecule has 3 nitrogen and oxygen atoms in total. The highest BCUT2D eigenvalue weighted by atomic mass is 35.5. The van der Waals surface area contributed by atoms with Gasteiger partial charge in [0.2, 0.25) is 0 Å². The Kier molecular flexibility index (Phi) is 4.71. The Labute approximate surface area is 120 Å². The summed E-state index contributed by atoms with van der Waals surface area (Å²) in [5.74, 6) is 0. The summed E-state index contributed by atoms with van der Waals surface area (Å²) in [6, 6.07) is 8.04. The average molecular weight is 283 g/mol. The van der Waals surface area contributed by atoms with Crippen LogP contribution >= 0.6 is 11.6 Å². The van der Waals surface area contributed by atoms with Crippen LogP contribution in [0.2, 0.25) is 5.02 Å². The molecule has 1 heterocycles. The molecular formula is C15H23ClN2O. The van der Waals surface area contributed by atoms with E-state index in [1.54, 1.807) is 0 Å². The minimum atomic E-state index is -0.565. The summed E-state index contributed by atoms with van der Waals surface area (Å²) >= 11 is 6.03. The van der Waals surface area contributed by atoms with Gasteiger partial charge in [-0.3, -0.25) is 4.90 Å². The number of halogens is 1. The second-order valence-electron chi connectivity index (χ2n) is 5.87. The fraction of sp³-hybridized carbons (Fsp3) is 0.600. The monoisotopic (exact) mass is 282 g/mol. The van der Waals surface area contributed by atoms with Gasteiger partial charge in [0.25, 0.3) is 0 Å². The highest BCUT2D eigenvalue weighted by Gasteiger charge is 2.20. The van der Waals surface area contributed by atoms with Crippen molar-refractivity contribution in [2.75, 3.05) is 37.6 Å². The van der Waals surface area contributed by atoms with Gasteiger partial charge in [-0.2, -0.15) is 0 Å². The van der Waals surface area contributed by atoms with Gasteiger partial charge in [0.05, 0.1) is 5.60 Å². The zero-order valence-electron chi connectivity index (χ0n) is 11.8. The molecule has 0 spiro atoms. The van der Waals surface area contributed by atoms with Gasteiger partial charge in [-0.1, -0.05) is 17.7 Å². The largest absolute Gasteiger partial charge is 0.390 e. The number of piperazine rings is 1. The van der Waals surface area contributed by atoms with E-state index in [1.165, 1.54) is 5.69 Å². The molecule has 1 aromatic rings. The Morgan fingerprint density at radius 3 is 2.47 bits per heavy atom. The molecule has 0 radical (unpaired) electrons. The Morgan fingerprint density at radius 2 is 1.89 bits per heavy atom. The van der Waals surface area contributed by atoms with Gasteiger partial charge in [0, 0.05) is 43.4 Å². The lowest BCUT2D eigenvalue weighted by molar-refractivity contribution is 0.0569. The number of anilines is 1. The molecule has 2 rings (SSSR count). The van der Waals surface area contributed by atoms with E-state index >= 15 is 0 Å².